The lowest BCUT2D eigenvalue weighted by Gasteiger charge is -2.37. The zero-order chi connectivity index (χ0) is 15.0. The summed E-state index contributed by atoms with van der Waals surface area (Å²) in [4.78, 5) is 1.86. The van der Waals surface area contributed by atoms with Gasteiger partial charge in [-0.05, 0) is 6.07 Å². The van der Waals surface area contributed by atoms with Crippen LogP contribution in [0.4, 0.5) is 13.2 Å². The van der Waals surface area contributed by atoms with E-state index in [-0.39, 0.29) is 11.0 Å². The molecule has 0 saturated carbocycles. The van der Waals surface area contributed by atoms with Crippen LogP contribution in [0.5, 0.6) is 0 Å². The van der Waals surface area contributed by atoms with Crippen molar-refractivity contribution in [3.05, 3.63) is 18.0 Å². The first-order chi connectivity index (χ1) is 9.19. The Morgan fingerprint density at radius 3 is 2.60 bits per heavy atom. The van der Waals surface area contributed by atoms with Crippen molar-refractivity contribution in [1.82, 2.24) is 14.7 Å². The van der Waals surface area contributed by atoms with Crippen LogP contribution in [-0.2, 0) is 22.9 Å². The molecule has 0 aromatic carbocycles. The topological polar surface area (TPSA) is 55.2 Å². The number of aromatic nitrogens is 2. The summed E-state index contributed by atoms with van der Waals surface area (Å²) in [6.45, 7) is 1.71. The Morgan fingerprint density at radius 1 is 1.40 bits per heavy atom. The Morgan fingerprint density at radius 2 is 2.05 bits per heavy atom. The first kappa shape index (κ1) is 15.3. The first-order valence-corrected chi connectivity index (χ1v) is 7.94. The van der Waals surface area contributed by atoms with Crippen LogP contribution >= 0.6 is 0 Å². The summed E-state index contributed by atoms with van der Waals surface area (Å²) in [5, 5.41) is 3.47. The molecule has 1 saturated heterocycles. The molecular formula is C11H16F3N3O2S. The maximum Gasteiger partial charge on any atom is 0.408 e. The predicted octanol–water partition coefficient (Wildman–Crippen LogP) is 1.06. The molecule has 9 heteroatoms. The van der Waals surface area contributed by atoms with Gasteiger partial charge in [0.1, 0.15) is 6.54 Å². The number of sulfone groups is 1. The van der Waals surface area contributed by atoms with Gasteiger partial charge in [-0.2, -0.15) is 18.3 Å². The average Bonchev–Trinajstić information content (AvgIpc) is 2.67. The minimum Gasteiger partial charge on any atom is -0.295 e. The van der Waals surface area contributed by atoms with Crippen LogP contribution in [-0.4, -0.2) is 53.4 Å². The van der Waals surface area contributed by atoms with E-state index in [1.807, 2.05) is 4.90 Å². The number of rotatable bonds is 5. The predicted molar refractivity (Wildman–Crippen MR) is 66.8 cm³/mol. The third-order valence-electron chi connectivity index (χ3n) is 3.26. The van der Waals surface area contributed by atoms with E-state index in [4.69, 9.17) is 0 Å². The number of hydrogen-bond donors (Lipinski definition) is 0. The van der Waals surface area contributed by atoms with Crippen LogP contribution in [0, 0.1) is 0 Å². The van der Waals surface area contributed by atoms with Gasteiger partial charge in [0.25, 0.3) is 0 Å². The number of hydrogen-bond acceptors (Lipinski definition) is 4. The Labute approximate surface area is 115 Å². The van der Waals surface area contributed by atoms with Crippen LogP contribution in [0.3, 0.4) is 0 Å². The third-order valence-corrected chi connectivity index (χ3v) is 5.38. The van der Waals surface area contributed by atoms with Crippen molar-refractivity contribution in [2.24, 2.45) is 0 Å². The van der Waals surface area contributed by atoms with Crippen LogP contribution in [0.1, 0.15) is 12.6 Å². The highest BCUT2D eigenvalue weighted by Gasteiger charge is 2.36. The maximum atomic E-state index is 12.2. The Hall–Kier alpha value is -1.09. The second-order valence-electron chi connectivity index (χ2n) is 4.89. The molecule has 20 heavy (non-hydrogen) atoms. The van der Waals surface area contributed by atoms with E-state index in [0.717, 1.165) is 4.68 Å². The Kier molecular flexibility index (Phi) is 4.10. The molecule has 0 N–H and O–H groups in total. The molecule has 1 aromatic heterocycles. The highest BCUT2D eigenvalue weighted by molar-refractivity contribution is 7.92. The minimum absolute atomic E-state index is 0.117. The molecule has 0 spiro atoms. The monoisotopic (exact) mass is 311 g/mol. The zero-order valence-electron chi connectivity index (χ0n) is 11.0. The summed E-state index contributed by atoms with van der Waals surface area (Å²) in [5.41, 5.74) is 0.515. The molecule has 0 atom stereocenters. The molecule has 2 rings (SSSR count). The minimum atomic E-state index is -4.29. The summed E-state index contributed by atoms with van der Waals surface area (Å²) >= 11 is 0. The fourth-order valence-corrected chi connectivity index (χ4v) is 3.45. The SMILES string of the molecule is CCS(=O)(=O)C1CN(Cc2ccn(CC(F)(F)F)n2)C1. The number of likely N-dealkylation sites (tertiary alicyclic amines) is 1. The second-order valence-corrected chi connectivity index (χ2v) is 7.46. The molecule has 0 radical (unpaired) electrons. The molecule has 114 valence electrons. The van der Waals surface area contributed by atoms with Gasteiger partial charge >= 0.3 is 6.18 Å². The van der Waals surface area contributed by atoms with Gasteiger partial charge in [0.15, 0.2) is 9.84 Å². The van der Waals surface area contributed by atoms with E-state index in [1.54, 1.807) is 6.92 Å². The van der Waals surface area contributed by atoms with Gasteiger partial charge in [-0.3, -0.25) is 9.58 Å². The van der Waals surface area contributed by atoms with Crippen molar-refractivity contribution in [3.63, 3.8) is 0 Å². The molecule has 0 aliphatic carbocycles. The molecular weight excluding hydrogens is 295 g/mol. The molecule has 2 heterocycles. The van der Waals surface area contributed by atoms with Crippen molar-refractivity contribution >= 4 is 9.84 Å². The summed E-state index contributed by atoms with van der Waals surface area (Å²) in [7, 11) is -3.02. The van der Waals surface area contributed by atoms with Crippen molar-refractivity contribution in [3.8, 4) is 0 Å². The fraction of sp³-hybridized carbons (Fsp3) is 0.727. The molecule has 0 unspecified atom stereocenters. The lowest BCUT2D eigenvalue weighted by atomic mass is 10.2. The summed E-state index contributed by atoms with van der Waals surface area (Å²) < 4.78 is 60.5. The quantitative estimate of drug-likeness (QED) is 0.816. The van der Waals surface area contributed by atoms with Gasteiger partial charge in [0.05, 0.1) is 10.9 Å². The maximum absolute atomic E-state index is 12.2. The molecule has 1 fully saturated rings. The van der Waals surface area contributed by atoms with Gasteiger partial charge in [0, 0.05) is 31.6 Å². The Bertz CT molecular complexity index is 562. The van der Waals surface area contributed by atoms with E-state index in [1.165, 1.54) is 12.3 Å². The zero-order valence-corrected chi connectivity index (χ0v) is 11.8. The van der Waals surface area contributed by atoms with Crippen molar-refractivity contribution in [1.29, 1.82) is 0 Å². The fourth-order valence-electron chi connectivity index (χ4n) is 2.10. The van der Waals surface area contributed by atoms with Crippen molar-refractivity contribution < 1.29 is 21.6 Å². The van der Waals surface area contributed by atoms with E-state index >= 15 is 0 Å². The molecule has 0 amide bonds. The van der Waals surface area contributed by atoms with Gasteiger partial charge in [-0.25, -0.2) is 8.42 Å². The molecule has 1 aromatic rings. The van der Waals surface area contributed by atoms with Crippen molar-refractivity contribution in [2.45, 2.75) is 31.4 Å². The molecule has 5 nitrogen and oxygen atoms in total. The summed E-state index contributed by atoms with van der Waals surface area (Å²) in [5.74, 6) is 0.117. The molecule has 1 aliphatic heterocycles. The average molecular weight is 311 g/mol. The van der Waals surface area contributed by atoms with E-state index < -0.39 is 22.6 Å². The lowest BCUT2D eigenvalue weighted by Crippen LogP contribution is -2.54. The van der Waals surface area contributed by atoms with E-state index in [0.29, 0.717) is 25.3 Å². The number of halogens is 3. The standard InChI is InChI=1S/C11H16F3N3O2S/c1-2-20(18,19)10-6-16(7-10)5-9-3-4-17(15-9)8-11(12,13)14/h3-4,10H,2,5-8H2,1H3. The largest absolute Gasteiger partial charge is 0.408 e. The van der Waals surface area contributed by atoms with Crippen molar-refractivity contribution in [2.75, 3.05) is 18.8 Å². The van der Waals surface area contributed by atoms with Gasteiger partial charge in [0.2, 0.25) is 0 Å². The first-order valence-electron chi connectivity index (χ1n) is 6.22. The summed E-state index contributed by atoms with van der Waals surface area (Å²) in [6.07, 6.45) is -3.01. The highest BCUT2D eigenvalue weighted by atomic mass is 32.2. The molecule has 1 aliphatic rings. The van der Waals surface area contributed by atoms with Crippen LogP contribution in [0.15, 0.2) is 12.3 Å². The number of alkyl halides is 3. The van der Waals surface area contributed by atoms with Gasteiger partial charge in [-0.1, -0.05) is 6.92 Å². The van der Waals surface area contributed by atoms with Crippen LogP contribution in [0.25, 0.3) is 0 Å². The van der Waals surface area contributed by atoms with Gasteiger partial charge in [-0.15, -0.1) is 0 Å². The summed E-state index contributed by atoms with van der Waals surface area (Å²) in [6, 6.07) is 1.52. The third kappa shape index (κ3) is 3.72. The Balaban J connectivity index is 1.85. The van der Waals surface area contributed by atoms with E-state index in [2.05, 4.69) is 5.10 Å². The number of nitrogens with zero attached hydrogens (tertiary/aromatic N) is 3. The van der Waals surface area contributed by atoms with E-state index in [9.17, 15) is 21.6 Å². The van der Waals surface area contributed by atoms with Gasteiger partial charge < -0.3 is 0 Å². The van der Waals surface area contributed by atoms with Crippen LogP contribution < -0.4 is 0 Å². The normalized spacial score (nSPS) is 18.2. The highest BCUT2D eigenvalue weighted by Crippen LogP contribution is 2.20. The lowest BCUT2D eigenvalue weighted by molar-refractivity contribution is -0.142. The molecule has 0 bridgehead atoms. The second kappa shape index (κ2) is 5.36. The van der Waals surface area contributed by atoms with Crippen LogP contribution in [0.2, 0.25) is 0 Å². The smallest absolute Gasteiger partial charge is 0.295 e.